The van der Waals surface area contributed by atoms with E-state index >= 15 is 0 Å². The first-order valence-electron chi connectivity index (χ1n) is 4.31. The Morgan fingerprint density at radius 2 is 1.58 bits per heavy atom. The van der Waals surface area contributed by atoms with Crippen molar-refractivity contribution in [3.63, 3.8) is 0 Å². The summed E-state index contributed by atoms with van der Waals surface area (Å²) in [5, 5.41) is 8.87. The van der Waals surface area contributed by atoms with Crippen molar-refractivity contribution in [1.29, 1.82) is 5.26 Å². The van der Waals surface area contributed by atoms with Crippen molar-refractivity contribution in [2.75, 3.05) is 13.6 Å². The first-order chi connectivity index (χ1) is 5.19. The number of rotatable bonds is 2. The summed E-state index contributed by atoms with van der Waals surface area (Å²) in [5.74, 6) is 0. The number of nitrogens with zero attached hydrogens (tertiary/aromatic N) is 2. The minimum atomic E-state index is -0.354. The molecule has 0 bridgehead atoms. The van der Waals surface area contributed by atoms with Gasteiger partial charge < -0.3 is 0 Å². The fourth-order valence-electron chi connectivity index (χ4n) is 0.995. The molecular formula is C10H20N2. The highest BCUT2D eigenvalue weighted by atomic mass is 15.2. The fourth-order valence-corrected chi connectivity index (χ4v) is 0.995. The molecule has 0 aromatic carbocycles. The molecule has 0 fully saturated rings. The van der Waals surface area contributed by atoms with Crippen LogP contribution in [-0.4, -0.2) is 24.0 Å². The lowest BCUT2D eigenvalue weighted by Crippen LogP contribution is -2.43. The van der Waals surface area contributed by atoms with Crippen molar-refractivity contribution in [1.82, 2.24) is 4.90 Å². The molecule has 2 heteroatoms. The first kappa shape index (κ1) is 11.4. The van der Waals surface area contributed by atoms with Crippen LogP contribution in [0.15, 0.2) is 0 Å². The Morgan fingerprint density at radius 1 is 1.17 bits per heavy atom. The zero-order valence-electron chi connectivity index (χ0n) is 9.10. The quantitative estimate of drug-likeness (QED) is 0.632. The fraction of sp³-hybridized carbons (Fsp3) is 0.900. The lowest BCUT2D eigenvalue weighted by Gasteiger charge is -2.34. The van der Waals surface area contributed by atoms with E-state index in [2.05, 4.69) is 31.7 Å². The van der Waals surface area contributed by atoms with E-state index in [1.165, 1.54) is 0 Å². The second kappa shape index (κ2) is 3.45. The molecular weight excluding hydrogens is 148 g/mol. The second-order valence-corrected chi connectivity index (χ2v) is 5.09. The van der Waals surface area contributed by atoms with Gasteiger partial charge in [-0.05, 0) is 26.3 Å². The minimum Gasteiger partial charge on any atom is -0.289 e. The summed E-state index contributed by atoms with van der Waals surface area (Å²) in [6, 6.07) is 2.29. The van der Waals surface area contributed by atoms with E-state index in [1.54, 1.807) is 0 Å². The molecule has 0 heterocycles. The summed E-state index contributed by atoms with van der Waals surface area (Å²) in [7, 11) is 1.99. The van der Waals surface area contributed by atoms with Gasteiger partial charge in [-0.15, -0.1) is 0 Å². The van der Waals surface area contributed by atoms with Gasteiger partial charge in [0.15, 0.2) is 0 Å². The Labute approximate surface area is 76.2 Å². The molecule has 0 radical (unpaired) electrons. The monoisotopic (exact) mass is 168 g/mol. The molecule has 12 heavy (non-hydrogen) atoms. The lowest BCUT2D eigenvalue weighted by atomic mass is 9.93. The highest BCUT2D eigenvalue weighted by Crippen LogP contribution is 2.19. The molecule has 0 aliphatic carbocycles. The summed E-state index contributed by atoms with van der Waals surface area (Å²) in [4.78, 5) is 2.09. The third-order valence-corrected chi connectivity index (χ3v) is 1.94. The number of nitriles is 1. The van der Waals surface area contributed by atoms with Gasteiger partial charge in [0.25, 0.3) is 0 Å². The van der Waals surface area contributed by atoms with Crippen LogP contribution in [0.2, 0.25) is 0 Å². The number of hydrogen-bond acceptors (Lipinski definition) is 2. The van der Waals surface area contributed by atoms with Crippen LogP contribution in [0.4, 0.5) is 0 Å². The molecule has 0 aromatic rings. The van der Waals surface area contributed by atoms with E-state index in [4.69, 9.17) is 5.26 Å². The Balaban J connectivity index is 4.25. The molecule has 0 saturated carbocycles. The van der Waals surface area contributed by atoms with Gasteiger partial charge in [-0.3, -0.25) is 4.90 Å². The summed E-state index contributed by atoms with van der Waals surface area (Å²) in [5.41, 5.74) is -0.101. The minimum absolute atomic E-state index is 0.253. The molecule has 0 aliphatic rings. The van der Waals surface area contributed by atoms with E-state index in [1.807, 2.05) is 20.9 Å². The molecule has 0 rings (SSSR count). The summed E-state index contributed by atoms with van der Waals surface area (Å²) in [6.45, 7) is 11.4. The molecule has 0 amide bonds. The zero-order valence-corrected chi connectivity index (χ0v) is 9.10. The Morgan fingerprint density at radius 3 is 1.83 bits per heavy atom. The van der Waals surface area contributed by atoms with Crippen LogP contribution in [0.1, 0.15) is 34.6 Å². The van der Waals surface area contributed by atoms with Crippen LogP contribution in [0, 0.1) is 16.7 Å². The van der Waals surface area contributed by atoms with Crippen molar-refractivity contribution in [3.8, 4) is 6.07 Å². The van der Waals surface area contributed by atoms with Crippen LogP contribution < -0.4 is 0 Å². The van der Waals surface area contributed by atoms with Crippen LogP contribution in [0.25, 0.3) is 0 Å². The normalized spacial score (nSPS) is 13.2. The highest BCUT2D eigenvalue weighted by Gasteiger charge is 2.26. The average Bonchev–Trinajstić information content (AvgIpc) is 1.84. The lowest BCUT2D eigenvalue weighted by molar-refractivity contribution is 0.149. The Hall–Kier alpha value is -0.550. The first-order valence-corrected chi connectivity index (χ1v) is 4.31. The van der Waals surface area contributed by atoms with Crippen molar-refractivity contribution < 1.29 is 0 Å². The molecule has 70 valence electrons. The van der Waals surface area contributed by atoms with Crippen molar-refractivity contribution >= 4 is 0 Å². The number of hydrogen-bond donors (Lipinski definition) is 0. The van der Waals surface area contributed by atoms with Crippen LogP contribution >= 0.6 is 0 Å². The summed E-state index contributed by atoms with van der Waals surface area (Å²) >= 11 is 0. The SMILES string of the molecule is CN(CC(C)(C)C)C(C)(C)C#N. The van der Waals surface area contributed by atoms with Gasteiger partial charge in [-0.25, -0.2) is 0 Å². The van der Waals surface area contributed by atoms with E-state index in [-0.39, 0.29) is 11.0 Å². The standard InChI is InChI=1S/C10H20N2/c1-9(2,3)8-12(6)10(4,5)7-11/h8H2,1-6H3. The third kappa shape index (κ3) is 3.73. The van der Waals surface area contributed by atoms with Gasteiger partial charge in [-0.1, -0.05) is 20.8 Å². The van der Waals surface area contributed by atoms with Crippen LogP contribution in [0.5, 0.6) is 0 Å². The predicted octanol–water partition coefficient (Wildman–Crippen LogP) is 2.27. The zero-order chi connectivity index (χ0) is 9.99. The van der Waals surface area contributed by atoms with Crippen molar-refractivity contribution in [3.05, 3.63) is 0 Å². The van der Waals surface area contributed by atoms with Gasteiger partial charge in [0.1, 0.15) is 5.54 Å². The maximum atomic E-state index is 8.87. The van der Waals surface area contributed by atoms with E-state index in [0.29, 0.717) is 0 Å². The van der Waals surface area contributed by atoms with Crippen molar-refractivity contribution in [2.45, 2.75) is 40.2 Å². The largest absolute Gasteiger partial charge is 0.289 e. The van der Waals surface area contributed by atoms with Gasteiger partial charge in [0, 0.05) is 6.54 Å². The molecule has 2 nitrogen and oxygen atoms in total. The van der Waals surface area contributed by atoms with Gasteiger partial charge in [0.05, 0.1) is 6.07 Å². The van der Waals surface area contributed by atoms with Crippen LogP contribution in [-0.2, 0) is 0 Å². The predicted molar refractivity (Wildman–Crippen MR) is 51.8 cm³/mol. The van der Waals surface area contributed by atoms with E-state index in [9.17, 15) is 0 Å². The molecule has 0 spiro atoms. The van der Waals surface area contributed by atoms with Crippen molar-refractivity contribution in [2.24, 2.45) is 5.41 Å². The molecule has 0 aromatic heterocycles. The summed E-state index contributed by atoms with van der Waals surface area (Å²) < 4.78 is 0. The second-order valence-electron chi connectivity index (χ2n) is 5.09. The maximum absolute atomic E-state index is 8.87. The van der Waals surface area contributed by atoms with E-state index in [0.717, 1.165) is 6.54 Å². The van der Waals surface area contributed by atoms with Gasteiger partial charge in [0.2, 0.25) is 0 Å². The van der Waals surface area contributed by atoms with Gasteiger partial charge >= 0.3 is 0 Å². The Kier molecular flexibility index (Phi) is 3.29. The molecule has 0 aliphatic heterocycles. The molecule has 0 unspecified atom stereocenters. The summed E-state index contributed by atoms with van der Waals surface area (Å²) in [6.07, 6.45) is 0. The average molecular weight is 168 g/mol. The van der Waals surface area contributed by atoms with Crippen LogP contribution in [0.3, 0.4) is 0 Å². The smallest absolute Gasteiger partial charge is 0.103 e. The van der Waals surface area contributed by atoms with Gasteiger partial charge in [-0.2, -0.15) is 5.26 Å². The molecule has 0 saturated heterocycles. The third-order valence-electron chi connectivity index (χ3n) is 1.94. The molecule has 0 N–H and O–H groups in total. The maximum Gasteiger partial charge on any atom is 0.103 e. The molecule has 0 atom stereocenters. The Bertz CT molecular complexity index is 181. The highest BCUT2D eigenvalue weighted by molar-refractivity contribution is 5.01. The topological polar surface area (TPSA) is 27.0 Å². The van der Waals surface area contributed by atoms with E-state index < -0.39 is 0 Å².